The molecule has 0 saturated carbocycles. The van der Waals surface area contributed by atoms with Crippen LogP contribution in [0.5, 0.6) is 0 Å². The van der Waals surface area contributed by atoms with Gasteiger partial charge >= 0.3 is 6.18 Å². The van der Waals surface area contributed by atoms with Crippen molar-refractivity contribution in [3.63, 3.8) is 0 Å². The maximum Gasteiger partial charge on any atom is 0.416 e. The van der Waals surface area contributed by atoms with Crippen molar-refractivity contribution < 1.29 is 17.7 Å². The normalized spacial score (nSPS) is 14.5. The number of nitrogens with zero attached hydrogens (tertiary/aromatic N) is 1. The van der Waals surface area contributed by atoms with Gasteiger partial charge in [0.1, 0.15) is 12.2 Å². The van der Waals surface area contributed by atoms with Gasteiger partial charge in [0.2, 0.25) is 0 Å². The molecule has 0 spiro atoms. The van der Waals surface area contributed by atoms with E-state index >= 15 is 0 Å². The van der Waals surface area contributed by atoms with E-state index in [1.165, 1.54) is 6.07 Å². The molecule has 0 unspecified atom stereocenters. The molecule has 2 N–H and O–H groups in total. The number of alkyl halides is 3. The van der Waals surface area contributed by atoms with E-state index in [2.05, 4.69) is 0 Å². The molecule has 0 aliphatic carbocycles. The Morgan fingerprint density at radius 1 is 1.10 bits per heavy atom. The number of amidine groups is 1. The summed E-state index contributed by atoms with van der Waals surface area (Å²) in [5.41, 5.74) is 7.36. The highest BCUT2D eigenvalue weighted by atomic mass is 35.5. The van der Waals surface area contributed by atoms with Crippen LogP contribution in [0.3, 0.4) is 0 Å². The Hall–Kier alpha value is -2.01. The maximum atomic E-state index is 12.8. The summed E-state index contributed by atoms with van der Waals surface area (Å²) < 4.78 is 40.1. The molecule has 0 saturated heterocycles. The second-order valence-corrected chi connectivity index (χ2v) is 5.20. The van der Waals surface area contributed by atoms with Gasteiger partial charge in [0, 0.05) is 5.56 Å². The maximum absolute atomic E-state index is 12.8. The van der Waals surface area contributed by atoms with E-state index in [1.807, 2.05) is 24.3 Å². The second kappa shape index (κ2) is 4.77. The molecule has 1 aliphatic heterocycles. The van der Waals surface area contributed by atoms with Gasteiger partial charge in [0.25, 0.3) is 5.84 Å². The van der Waals surface area contributed by atoms with E-state index in [0.29, 0.717) is 12.4 Å². The third-order valence-electron chi connectivity index (χ3n) is 3.48. The van der Waals surface area contributed by atoms with Gasteiger partial charge in [0.05, 0.1) is 16.1 Å². The van der Waals surface area contributed by atoms with Crippen molar-refractivity contribution in [2.45, 2.75) is 12.7 Å². The lowest BCUT2D eigenvalue weighted by Crippen LogP contribution is -2.20. The summed E-state index contributed by atoms with van der Waals surface area (Å²) in [7, 11) is 0. The third-order valence-corrected chi connectivity index (χ3v) is 3.80. The van der Waals surface area contributed by atoms with E-state index < -0.39 is 11.7 Å². The van der Waals surface area contributed by atoms with E-state index in [1.54, 1.807) is 4.58 Å². The lowest BCUT2D eigenvalue weighted by atomic mass is 10.1. The minimum Gasteiger partial charge on any atom is -0.286 e. The van der Waals surface area contributed by atoms with E-state index in [0.717, 1.165) is 23.3 Å². The molecule has 0 aromatic heterocycles. The third kappa shape index (κ3) is 2.38. The van der Waals surface area contributed by atoms with E-state index in [-0.39, 0.29) is 10.7 Å². The van der Waals surface area contributed by atoms with Crippen molar-refractivity contribution in [1.82, 2.24) is 0 Å². The quantitative estimate of drug-likeness (QED) is 0.795. The Labute approximate surface area is 124 Å². The molecule has 0 atom stereocenters. The summed E-state index contributed by atoms with van der Waals surface area (Å²) in [6.07, 6.45) is -4.42. The predicted molar refractivity (Wildman–Crippen MR) is 74.8 cm³/mol. The summed E-state index contributed by atoms with van der Waals surface area (Å²) in [6.45, 7) is 0.406. The Balaban J connectivity index is 2.13. The summed E-state index contributed by atoms with van der Waals surface area (Å²) >= 11 is 6.06. The molecule has 108 valence electrons. The van der Waals surface area contributed by atoms with Crippen LogP contribution >= 0.6 is 11.6 Å². The number of benzene rings is 2. The first-order valence-electron chi connectivity index (χ1n) is 6.23. The van der Waals surface area contributed by atoms with Crippen LogP contribution in [-0.4, -0.2) is 10.4 Å². The highest BCUT2D eigenvalue weighted by Crippen LogP contribution is 2.36. The van der Waals surface area contributed by atoms with Crippen molar-refractivity contribution in [3.8, 4) is 0 Å². The molecule has 0 bridgehead atoms. The summed E-state index contributed by atoms with van der Waals surface area (Å²) in [6, 6.07) is 10.7. The second-order valence-electron chi connectivity index (χ2n) is 4.79. The van der Waals surface area contributed by atoms with Crippen LogP contribution in [0.1, 0.15) is 16.7 Å². The lowest BCUT2D eigenvalue weighted by molar-refractivity contribution is -0.453. The average molecular weight is 312 g/mol. The van der Waals surface area contributed by atoms with Crippen molar-refractivity contribution in [2.75, 3.05) is 0 Å². The monoisotopic (exact) mass is 311 g/mol. The topological polar surface area (TPSA) is 29.0 Å². The fourth-order valence-corrected chi connectivity index (χ4v) is 2.64. The minimum atomic E-state index is -4.42. The fourth-order valence-electron chi connectivity index (χ4n) is 2.42. The molecule has 2 aromatic rings. The van der Waals surface area contributed by atoms with Gasteiger partial charge in [-0.2, -0.15) is 13.2 Å². The molecule has 3 rings (SSSR count). The van der Waals surface area contributed by atoms with E-state index in [9.17, 15) is 13.2 Å². The van der Waals surface area contributed by atoms with Gasteiger partial charge in [0.15, 0.2) is 0 Å². The number of fused-ring (bicyclic) bond motifs is 1. The Morgan fingerprint density at radius 2 is 1.81 bits per heavy atom. The zero-order valence-electron chi connectivity index (χ0n) is 10.8. The van der Waals surface area contributed by atoms with Crippen LogP contribution in [0.4, 0.5) is 18.9 Å². The largest absolute Gasteiger partial charge is 0.416 e. The summed E-state index contributed by atoms with van der Waals surface area (Å²) in [5, 5.41) is 0.235. The first-order valence-corrected chi connectivity index (χ1v) is 6.60. The van der Waals surface area contributed by atoms with Crippen molar-refractivity contribution in [2.24, 2.45) is 5.73 Å². The van der Waals surface area contributed by atoms with Crippen LogP contribution in [0.15, 0.2) is 42.5 Å². The van der Waals surface area contributed by atoms with Crippen LogP contribution in [0, 0.1) is 0 Å². The molecule has 1 heterocycles. The summed E-state index contributed by atoms with van der Waals surface area (Å²) in [5.74, 6) is 0.409. The predicted octanol–water partition coefficient (Wildman–Crippen LogP) is 3.92. The molecule has 0 amide bonds. The van der Waals surface area contributed by atoms with Crippen LogP contribution in [0.25, 0.3) is 0 Å². The molecular weight excluding hydrogens is 301 g/mol. The molecule has 2 aromatic carbocycles. The van der Waals surface area contributed by atoms with Gasteiger partial charge in [-0.05, 0) is 24.3 Å². The van der Waals surface area contributed by atoms with Gasteiger partial charge < -0.3 is 0 Å². The Morgan fingerprint density at radius 3 is 2.48 bits per heavy atom. The number of nitrogens with two attached hydrogens (primary N) is 1. The first-order chi connectivity index (χ1) is 9.88. The Kier molecular flexibility index (Phi) is 3.17. The summed E-state index contributed by atoms with van der Waals surface area (Å²) in [4.78, 5) is 0. The van der Waals surface area contributed by atoms with Gasteiger partial charge in [-0.1, -0.05) is 29.8 Å². The standard InChI is InChI=1S/C15H10ClF3N2/c16-12-6-5-10(15(17,18)19)7-13(12)21-8-9-3-1-2-4-11(9)14(21)20/h1-7,20H,8H2/p+1. The number of hydrogen-bond donors (Lipinski definition) is 1. The molecule has 1 aliphatic rings. The molecule has 21 heavy (non-hydrogen) atoms. The van der Waals surface area contributed by atoms with Crippen molar-refractivity contribution >= 4 is 23.1 Å². The number of hydrogen-bond acceptors (Lipinski definition) is 1. The fraction of sp³-hybridized carbons (Fsp3) is 0.133. The van der Waals surface area contributed by atoms with Gasteiger partial charge in [-0.25, -0.2) is 4.58 Å². The van der Waals surface area contributed by atoms with Gasteiger partial charge in [-0.15, -0.1) is 0 Å². The van der Waals surface area contributed by atoms with E-state index in [4.69, 9.17) is 17.3 Å². The zero-order chi connectivity index (χ0) is 15.2. The Bertz CT molecular complexity index is 751. The van der Waals surface area contributed by atoms with Gasteiger partial charge in [-0.3, -0.25) is 5.73 Å². The SMILES string of the molecule is NC1=[N+](c2cc(C(F)(F)F)ccc2Cl)Cc2ccccc21. The molecule has 2 nitrogen and oxygen atoms in total. The number of rotatable bonds is 1. The highest BCUT2D eigenvalue weighted by Gasteiger charge is 2.33. The smallest absolute Gasteiger partial charge is 0.286 e. The molecule has 0 radical (unpaired) electrons. The lowest BCUT2D eigenvalue weighted by Gasteiger charge is -2.10. The first kappa shape index (κ1) is 13.9. The highest BCUT2D eigenvalue weighted by molar-refractivity contribution is 6.32. The molecular formula is C15H11ClF3N2+. The van der Waals surface area contributed by atoms with Crippen LogP contribution in [-0.2, 0) is 12.7 Å². The average Bonchev–Trinajstić information content (AvgIpc) is 2.76. The van der Waals surface area contributed by atoms with Crippen LogP contribution in [0.2, 0.25) is 5.02 Å². The van der Waals surface area contributed by atoms with Crippen LogP contribution < -0.4 is 5.73 Å². The van der Waals surface area contributed by atoms with Crippen molar-refractivity contribution in [1.29, 1.82) is 0 Å². The zero-order valence-corrected chi connectivity index (χ0v) is 11.5. The molecule has 0 fully saturated rings. The molecule has 6 heteroatoms. The minimum absolute atomic E-state index is 0.235. The number of halogens is 4. The van der Waals surface area contributed by atoms with Crippen molar-refractivity contribution in [3.05, 3.63) is 64.2 Å².